The van der Waals surface area contributed by atoms with Crippen LogP contribution in [0.2, 0.25) is 0 Å². The number of thiazole rings is 1. The summed E-state index contributed by atoms with van der Waals surface area (Å²) in [4.78, 5) is 19.6. The van der Waals surface area contributed by atoms with Crippen molar-refractivity contribution in [1.29, 1.82) is 0 Å². The summed E-state index contributed by atoms with van der Waals surface area (Å²) in [7, 11) is 0. The first kappa shape index (κ1) is 17.4. The molecule has 1 aromatic carbocycles. The summed E-state index contributed by atoms with van der Waals surface area (Å²) in [6, 6.07) is 9.14. The SMILES string of the molecule is Cl.NCc1nc(C(=O)N(C2CC2)C2CCCc3ccccc32)cs1. The lowest BCUT2D eigenvalue weighted by Crippen LogP contribution is -2.38. The van der Waals surface area contributed by atoms with Crippen LogP contribution in [0.25, 0.3) is 0 Å². The molecule has 2 N–H and O–H groups in total. The molecule has 128 valence electrons. The van der Waals surface area contributed by atoms with E-state index >= 15 is 0 Å². The molecule has 2 aliphatic carbocycles. The Bertz CT molecular complexity index is 729. The minimum atomic E-state index is 0. The molecule has 24 heavy (non-hydrogen) atoms. The first-order chi connectivity index (χ1) is 11.3. The van der Waals surface area contributed by atoms with Crippen LogP contribution in [-0.2, 0) is 13.0 Å². The van der Waals surface area contributed by atoms with Crippen LogP contribution in [0.15, 0.2) is 29.6 Å². The van der Waals surface area contributed by atoms with Crippen LogP contribution in [0, 0.1) is 0 Å². The van der Waals surface area contributed by atoms with Gasteiger partial charge in [0.05, 0.1) is 6.04 Å². The van der Waals surface area contributed by atoms with E-state index in [0.29, 0.717) is 18.3 Å². The number of hydrogen-bond donors (Lipinski definition) is 1. The molecule has 6 heteroatoms. The molecule has 0 aliphatic heterocycles. The molecular formula is C18H22ClN3OS. The molecule has 1 amide bonds. The first-order valence-corrected chi connectivity index (χ1v) is 9.21. The fraction of sp³-hybridized carbons (Fsp3) is 0.444. The molecule has 0 spiro atoms. The highest BCUT2D eigenvalue weighted by molar-refractivity contribution is 7.09. The Morgan fingerprint density at radius 3 is 2.79 bits per heavy atom. The fourth-order valence-electron chi connectivity index (χ4n) is 3.57. The van der Waals surface area contributed by atoms with Crippen LogP contribution in [-0.4, -0.2) is 21.8 Å². The van der Waals surface area contributed by atoms with Gasteiger partial charge in [-0.15, -0.1) is 23.7 Å². The monoisotopic (exact) mass is 363 g/mol. The number of carbonyl (C=O) groups is 1. The van der Waals surface area contributed by atoms with Gasteiger partial charge in [0.15, 0.2) is 0 Å². The molecule has 0 radical (unpaired) electrons. The average Bonchev–Trinajstić information content (AvgIpc) is 3.30. The Kier molecular flexibility index (Phi) is 5.23. The molecule has 1 unspecified atom stereocenters. The van der Waals surface area contributed by atoms with Crippen LogP contribution in [0.4, 0.5) is 0 Å². The summed E-state index contributed by atoms with van der Waals surface area (Å²) in [5.41, 5.74) is 8.92. The first-order valence-electron chi connectivity index (χ1n) is 8.33. The van der Waals surface area contributed by atoms with Gasteiger partial charge in [0.1, 0.15) is 10.7 Å². The molecule has 1 saturated carbocycles. The number of nitrogens with two attached hydrogens (primary N) is 1. The van der Waals surface area contributed by atoms with E-state index in [1.54, 1.807) is 0 Å². The predicted molar refractivity (Wildman–Crippen MR) is 98.6 cm³/mol. The Labute approximate surface area is 152 Å². The van der Waals surface area contributed by atoms with E-state index in [4.69, 9.17) is 5.73 Å². The van der Waals surface area contributed by atoms with Crippen molar-refractivity contribution in [2.24, 2.45) is 5.73 Å². The lowest BCUT2D eigenvalue weighted by atomic mass is 9.86. The summed E-state index contributed by atoms with van der Waals surface area (Å²) >= 11 is 1.48. The van der Waals surface area contributed by atoms with Crippen molar-refractivity contribution >= 4 is 29.7 Å². The topological polar surface area (TPSA) is 59.2 Å². The standard InChI is InChI=1S/C18H21N3OS.ClH/c19-10-17-20-15(11-23-17)18(22)21(13-8-9-13)16-7-3-5-12-4-1-2-6-14(12)16;/h1-2,4,6,11,13,16H,3,5,7-10,19H2;1H. The lowest BCUT2D eigenvalue weighted by molar-refractivity contribution is 0.0632. The highest BCUT2D eigenvalue weighted by atomic mass is 35.5. The molecule has 4 rings (SSSR count). The molecule has 1 aromatic heterocycles. The maximum absolute atomic E-state index is 13.1. The largest absolute Gasteiger partial charge is 0.327 e. The van der Waals surface area contributed by atoms with Crippen molar-refractivity contribution < 1.29 is 4.79 Å². The lowest BCUT2D eigenvalue weighted by Gasteiger charge is -2.36. The number of aryl methyl sites for hydroxylation is 1. The molecule has 2 aliphatic rings. The number of amides is 1. The number of aromatic nitrogens is 1. The van der Waals surface area contributed by atoms with E-state index < -0.39 is 0 Å². The number of rotatable bonds is 4. The fourth-order valence-corrected chi connectivity index (χ4v) is 4.22. The van der Waals surface area contributed by atoms with E-state index in [-0.39, 0.29) is 24.4 Å². The Hall–Kier alpha value is -1.43. The molecular weight excluding hydrogens is 342 g/mol. The normalized spacial score (nSPS) is 19.3. The van der Waals surface area contributed by atoms with Gasteiger partial charge < -0.3 is 10.6 Å². The minimum Gasteiger partial charge on any atom is -0.327 e. The summed E-state index contributed by atoms with van der Waals surface area (Å²) in [5.74, 6) is 0.0742. The van der Waals surface area contributed by atoms with Crippen LogP contribution in [0.3, 0.4) is 0 Å². The van der Waals surface area contributed by atoms with Crippen molar-refractivity contribution in [3.8, 4) is 0 Å². The zero-order valence-corrected chi connectivity index (χ0v) is 15.1. The van der Waals surface area contributed by atoms with Gasteiger partial charge in [-0.1, -0.05) is 24.3 Å². The quantitative estimate of drug-likeness (QED) is 0.900. The zero-order chi connectivity index (χ0) is 15.8. The van der Waals surface area contributed by atoms with Crippen molar-refractivity contribution in [2.75, 3.05) is 0 Å². The Balaban J connectivity index is 0.00000169. The highest BCUT2D eigenvalue weighted by Gasteiger charge is 2.40. The summed E-state index contributed by atoms with van der Waals surface area (Å²) in [5, 5.41) is 2.68. The molecule has 1 fully saturated rings. The summed E-state index contributed by atoms with van der Waals surface area (Å²) < 4.78 is 0. The maximum atomic E-state index is 13.1. The van der Waals surface area contributed by atoms with Gasteiger partial charge in [-0.2, -0.15) is 0 Å². The third-order valence-electron chi connectivity index (χ3n) is 4.79. The number of nitrogens with zero attached hydrogens (tertiary/aromatic N) is 2. The minimum absolute atomic E-state index is 0. The van der Waals surface area contributed by atoms with Crippen molar-refractivity contribution in [2.45, 2.75) is 50.7 Å². The predicted octanol–water partition coefficient (Wildman–Crippen LogP) is 3.71. The second-order valence-electron chi connectivity index (χ2n) is 6.38. The molecule has 1 heterocycles. The Morgan fingerprint density at radius 1 is 1.29 bits per heavy atom. The van der Waals surface area contributed by atoms with Crippen molar-refractivity contribution in [3.05, 3.63) is 51.5 Å². The smallest absolute Gasteiger partial charge is 0.274 e. The maximum Gasteiger partial charge on any atom is 0.274 e. The number of carbonyl (C=O) groups excluding carboxylic acids is 1. The second-order valence-corrected chi connectivity index (χ2v) is 7.32. The van der Waals surface area contributed by atoms with Crippen LogP contribution >= 0.6 is 23.7 Å². The van der Waals surface area contributed by atoms with Gasteiger partial charge in [-0.3, -0.25) is 4.79 Å². The number of fused-ring (bicyclic) bond motifs is 1. The summed E-state index contributed by atoms with van der Waals surface area (Å²) in [6.45, 7) is 0.396. The molecule has 0 bridgehead atoms. The van der Waals surface area contributed by atoms with Gasteiger partial charge in [0.25, 0.3) is 5.91 Å². The van der Waals surface area contributed by atoms with E-state index in [0.717, 1.165) is 37.1 Å². The molecule has 2 aromatic rings. The van der Waals surface area contributed by atoms with Crippen molar-refractivity contribution in [1.82, 2.24) is 9.88 Å². The highest BCUT2D eigenvalue weighted by Crippen LogP contribution is 2.41. The average molecular weight is 364 g/mol. The Morgan fingerprint density at radius 2 is 2.08 bits per heavy atom. The van der Waals surface area contributed by atoms with E-state index in [2.05, 4.69) is 34.1 Å². The van der Waals surface area contributed by atoms with Crippen LogP contribution in [0.5, 0.6) is 0 Å². The third kappa shape index (κ3) is 3.21. The van der Waals surface area contributed by atoms with Gasteiger partial charge in [0.2, 0.25) is 0 Å². The van der Waals surface area contributed by atoms with Crippen molar-refractivity contribution in [3.63, 3.8) is 0 Å². The van der Waals surface area contributed by atoms with E-state index in [1.807, 2.05) is 5.38 Å². The van der Waals surface area contributed by atoms with E-state index in [9.17, 15) is 4.79 Å². The molecule has 0 saturated heterocycles. The van der Waals surface area contributed by atoms with E-state index in [1.165, 1.54) is 22.5 Å². The van der Waals surface area contributed by atoms with Crippen LogP contribution in [0.1, 0.15) is 58.3 Å². The number of halogens is 1. The van der Waals surface area contributed by atoms with Gasteiger partial charge >= 0.3 is 0 Å². The summed E-state index contributed by atoms with van der Waals surface area (Å²) in [6.07, 6.45) is 5.53. The molecule has 4 nitrogen and oxygen atoms in total. The zero-order valence-electron chi connectivity index (χ0n) is 13.5. The van der Waals surface area contributed by atoms with Gasteiger partial charge in [-0.25, -0.2) is 4.98 Å². The number of hydrogen-bond acceptors (Lipinski definition) is 4. The third-order valence-corrected chi connectivity index (χ3v) is 5.66. The second kappa shape index (κ2) is 7.21. The van der Waals surface area contributed by atoms with Crippen LogP contribution < -0.4 is 5.73 Å². The van der Waals surface area contributed by atoms with Gasteiger partial charge in [-0.05, 0) is 43.2 Å². The molecule has 1 atom stereocenters. The van der Waals surface area contributed by atoms with Gasteiger partial charge in [0, 0.05) is 18.0 Å². The number of benzene rings is 1.